The SMILES string of the molecule is CC1CCCN(C(=O)c2ccc(-c3cn[nH]c3)cc2)C1. The van der Waals surface area contributed by atoms with Crippen LogP contribution in [-0.4, -0.2) is 34.1 Å². The Morgan fingerprint density at radius 1 is 1.30 bits per heavy atom. The van der Waals surface area contributed by atoms with E-state index in [1.807, 2.05) is 35.4 Å². The third-order valence-corrected chi connectivity index (χ3v) is 3.91. The Morgan fingerprint density at radius 2 is 2.10 bits per heavy atom. The van der Waals surface area contributed by atoms with E-state index in [-0.39, 0.29) is 5.91 Å². The van der Waals surface area contributed by atoms with Crippen molar-refractivity contribution in [2.75, 3.05) is 13.1 Å². The van der Waals surface area contributed by atoms with E-state index in [1.54, 1.807) is 6.20 Å². The molecule has 104 valence electrons. The third kappa shape index (κ3) is 2.59. The van der Waals surface area contributed by atoms with Crippen LogP contribution in [0.4, 0.5) is 0 Å². The van der Waals surface area contributed by atoms with Crippen molar-refractivity contribution in [2.45, 2.75) is 19.8 Å². The minimum atomic E-state index is 0.148. The van der Waals surface area contributed by atoms with Crippen LogP contribution in [0.1, 0.15) is 30.1 Å². The number of hydrogen-bond acceptors (Lipinski definition) is 2. The van der Waals surface area contributed by atoms with Gasteiger partial charge in [-0.2, -0.15) is 5.10 Å². The van der Waals surface area contributed by atoms with Crippen molar-refractivity contribution >= 4 is 5.91 Å². The number of carbonyl (C=O) groups is 1. The molecule has 1 amide bonds. The zero-order valence-corrected chi connectivity index (χ0v) is 11.7. The number of likely N-dealkylation sites (tertiary alicyclic amines) is 1. The topological polar surface area (TPSA) is 49.0 Å². The van der Waals surface area contributed by atoms with Gasteiger partial charge in [0.05, 0.1) is 6.20 Å². The summed E-state index contributed by atoms with van der Waals surface area (Å²) in [5, 5.41) is 6.73. The van der Waals surface area contributed by atoms with Gasteiger partial charge in [0.2, 0.25) is 0 Å². The molecule has 2 aromatic rings. The molecule has 0 aliphatic carbocycles. The van der Waals surface area contributed by atoms with Crippen LogP contribution < -0.4 is 0 Å². The molecule has 20 heavy (non-hydrogen) atoms. The molecular formula is C16H19N3O. The highest BCUT2D eigenvalue weighted by Gasteiger charge is 2.21. The summed E-state index contributed by atoms with van der Waals surface area (Å²) in [7, 11) is 0. The fraction of sp³-hybridized carbons (Fsp3) is 0.375. The number of hydrogen-bond donors (Lipinski definition) is 1. The Labute approximate surface area is 118 Å². The molecule has 1 aliphatic heterocycles. The van der Waals surface area contributed by atoms with Gasteiger partial charge in [-0.1, -0.05) is 19.1 Å². The van der Waals surface area contributed by atoms with Gasteiger partial charge in [-0.3, -0.25) is 9.89 Å². The van der Waals surface area contributed by atoms with Crippen molar-refractivity contribution in [3.05, 3.63) is 42.2 Å². The van der Waals surface area contributed by atoms with E-state index < -0.39 is 0 Å². The number of amides is 1. The predicted octanol–water partition coefficient (Wildman–Crippen LogP) is 2.95. The van der Waals surface area contributed by atoms with E-state index in [0.717, 1.165) is 36.2 Å². The van der Waals surface area contributed by atoms with Gasteiger partial charge in [-0.05, 0) is 36.5 Å². The highest BCUT2D eigenvalue weighted by Crippen LogP contribution is 2.21. The molecule has 2 heterocycles. The van der Waals surface area contributed by atoms with Gasteiger partial charge < -0.3 is 4.90 Å². The van der Waals surface area contributed by atoms with Gasteiger partial charge in [0.1, 0.15) is 0 Å². The van der Waals surface area contributed by atoms with E-state index in [4.69, 9.17) is 0 Å². The number of aromatic amines is 1. The maximum Gasteiger partial charge on any atom is 0.253 e. The van der Waals surface area contributed by atoms with Crippen LogP contribution >= 0.6 is 0 Å². The Morgan fingerprint density at radius 3 is 2.75 bits per heavy atom. The van der Waals surface area contributed by atoms with Crippen molar-refractivity contribution < 1.29 is 4.79 Å². The van der Waals surface area contributed by atoms with Gasteiger partial charge in [-0.15, -0.1) is 0 Å². The van der Waals surface area contributed by atoms with Gasteiger partial charge in [0.25, 0.3) is 5.91 Å². The third-order valence-electron chi connectivity index (χ3n) is 3.91. The van der Waals surface area contributed by atoms with E-state index in [2.05, 4.69) is 17.1 Å². The molecule has 0 bridgehead atoms. The molecule has 1 saturated heterocycles. The quantitative estimate of drug-likeness (QED) is 0.911. The van der Waals surface area contributed by atoms with Crippen LogP contribution in [0, 0.1) is 5.92 Å². The molecule has 3 rings (SSSR count). The Hall–Kier alpha value is -2.10. The normalized spacial score (nSPS) is 19.1. The van der Waals surface area contributed by atoms with Crippen LogP contribution in [0.25, 0.3) is 11.1 Å². The lowest BCUT2D eigenvalue weighted by Crippen LogP contribution is -2.39. The summed E-state index contributed by atoms with van der Waals surface area (Å²) in [5.41, 5.74) is 2.88. The Kier molecular flexibility index (Phi) is 3.54. The lowest BCUT2D eigenvalue weighted by atomic mass is 9.99. The smallest absolute Gasteiger partial charge is 0.253 e. The second kappa shape index (κ2) is 5.49. The molecule has 0 spiro atoms. The van der Waals surface area contributed by atoms with Crippen LogP contribution in [0.15, 0.2) is 36.7 Å². The molecule has 1 atom stereocenters. The van der Waals surface area contributed by atoms with Crippen LogP contribution in [0.3, 0.4) is 0 Å². The second-order valence-corrected chi connectivity index (χ2v) is 5.56. The average molecular weight is 269 g/mol. The molecule has 4 heteroatoms. The van der Waals surface area contributed by atoms with E-state index in [1.165, 1.54) is 6.42 Å². The second-order valence-electron chi connectivity index (χ2n) is 5.56. The van der Waals surface area contributed by atoms with Crippen molar-refractivity contribution in [3.8, 4) is 11.1 Å². The van der Waals surface area contributed by atoms with E-state index >= 15 is 0 Å². The van der Waals surface area contributed by atoms with Gasteiger partial charge >= 0.3 is 0 Å². The number of rotatable bonds is 2. The average Bonchev–Trinajstić information content (AvgIpc) is 3.01. The van der Waals surface area contributed by atoms with Crippen molar-refractivity contribution in [3.63, 3.8) is 0 Å². The number of H-pyrrole nitrogens is 1. The molecule has 0 saturated carbocycles. The van der Waals surface area contributed by atoms with Crippen molar-refractivity contribution in [1.29, 1.82) is 0 Å². The molecule has 1 fully saturated rings. The maximum absolute atomic E-state index is 12.5. The van der Waals surface area contributed by atoms with E-state index in [0.29, 0.717) is 5.92 Å². The summed E-state index contributed by atoms with van der Waals surface area (Å²) >= 11 is 0. The summed E-state index contributed by atoms with van der Waals surface area (Å²) in [6, 6.07) is 7.77. The Bertz CT molecular complexity index is 574. The lowest BCUT2D eigenvalue weighted by Gasteiger charge is -2.31. The highest BCUT2D eigenvalue weighted by atomic mass is 16.2. The fourth-order valence-electron chi connectivity index (χ4n) is 2.77. The van der Waals surface area contributed by atoms with Gasteiger partial charge in [0, 0.05) is 30.4 Å². The molecule has 1 unspecified atom stereocenters. The molecule has 0 radical (unpaired) electrons. The summed E-state index contributed by atoms with van der Waals surface area (Å²) in [6.07, 6.45) is 5.97. The van der Waals surface area contributed by atoms with Gasteiger partial charge in [0.15, 0.2) is 0 Å². The Balaban J connectivity index is 1.75. The highest BCUT2D eigenvalue weighted by molar-refractivity contribution is 5.94. The number of nitrogens with zero attached hydrogens (tertiary/aromatic N) is 2. The zero-order chi connectivity index (χ0) is 13.9. The number of aromatic nitrogens is 2. The number of nitrogens with one attached hydrogen (secondary N) is 1. The lowest BCUT2D eigenvalue weighted by molar-refractivity contribution is 0.0683. The zero-order valence-electron chi connectivity index (χ0n) is 11.7. The molecule has 1 N–H and O–H groups in total. The predicted molar refractivity (Wildman–Crippen MR) is 78.3 cm³/mol. The maximum atomic E-state index is 12.5. The summed E-state index contributed by atoms with van der Waals surface area (Å²) < 4.78 is 0. The fourth-order valence-corrected chi connectivity index (χ4v) is 2.77. The summed E-state index contributed by atoms with van der Waals surface area (Å²) in [5.74, 6) is 0.758. The summed E-state index contributed by atoms with van der Waals surface area (Å²) in [4.78, 5) is 14.4. The molecule has 1 aromatic heterocycles. The number of piperidine rings is 1. The van der Waals surface area contributed by atoms with Crippen molar-refractivity contribution in [2.24, 2.45) is 5.92 Å². The van der Waals surface area contributed by atoms with Crippen LogP contribution in [-0.2, 0) is 0 Å². The van der Waals surface area contributed by atoms with Gasteiger partial charge in [-0.25, -0.2) is 0 Å². The van der Waals surface area contributed by atoms with E-state index in [9.17, 15) is 4.79 Å². The minimum Gasteiger partial charge on any atom is -0.338 e. The molecular weight excluding hydrogens is 250 g/mol. The molecule has 1 aromatic carbocycles. The van der Waals surface area contributed by atoms with Crippen molar-refractivity contribution in [1.82, 2.24) is 15.1 Å². The first-order chi connectivity index (χ1) is 9.74. The first-order valence-electron chi connectivity index (χ1n) is 7.12. The monoisotopic (exact) mass is 269 g/mol. The summed E-state index contributed by atoms with van der Waals surface area (Å²) in [6.45, 7) is 3.97. The largest absolute Gasteiger partial charge is 0.338 e. The number of carbonyl (C=O) groups excluding carboxylic acids is 1. The molecule has 4 nitrogen and oxygen atoms in total. The molecule has 1 aliphatic rings. The van der Waals surface area contributed by atoms with Crippen LogP contribution in [0.5, 0.6) is 0 Å². The first kappa shape index (κ1) is 12.9. The first-order valence-corrected chi connectivity index (χ1v) is 7.12. The minimum absolute atomic E-state index is 0.148. The van der Waals surface area contributed by atoms with Crippen LogP contribution in [0.2, 0.25) is 0 Å². The standard InChI is InChI=1S/C16H19N3O/c1-12-3-2-8-19(11-12)16(20)14-6-4-13(5-7-14)15-9-17-18-10-15/h4-7,9-10,12H,2-3,8,11H2,1H3,(H,17,18). The number of benzene rings is 1.